The zero-order chi connectivity index (χ0) is 16.1. The first-order chi connectivity index (χ1) is 11.3. The van der Waals surface area contributed by atoms with Crippen LogP contribution in [-0.4, -0.2) is 30.3 Å². The van der Waals surface area contributed by atoms with Crippen LogP contribution in [0.25, 0.3) is 10.9 Å². The third kappa shape index (κ3) is 3.54. The molecule has 0 atom stereocenters. The van der Waals surface area contributed by atoms with Crippen molar-refractivity contribution in [3.05, 3.63) is 54.6 Å². The molecule has 5 nitrogen and oxygen atoms in total. The fourth-order valence-electron chi connectivity index (χ4n) is 2.17. The molecule has 1 heterocycles. The third-order valence-corrected chi connectivity index (χ3v) is 3.29. The Morgan fingerprint density at radius 2 is 1.87 bits per heavy atom. The minimum atomic E-state index is -0.366. The molecule has 0 spiro atoms. The van der Waals surface area contributed by atoms with Gasteiger partial charge < -0.3 is 14.8 Å². The summed E-state index contributed by atoms with van der Waals surface area (Å²) in [4.78, 5) is 8.17. The minimum absolute atomic E-state index is 0.296. The lowest BCUT2D eigenvalue weighted by Crippen LogP contribution is -2.04. The zero-order valence-electron chi connectivity index (χ0n) is 12.6. The van der Waals surface area contributed by atoms with Crippen molar-refractivity contribution in [3.63, 3.8) is 0 Å². The molecule has 1 aromatic heterocycles. The minimum Gasteiger partial charge on any atom is -0.491 e. The highest BCUT2D eigenvalue weighted by Crippen LogP contribution is 2.25. The van der Waals surface area contributed by atoms with Gasteiger partial charge in [-0.3, -0.25) is 0 Å². The molecule has 118 valence electrons. The van der Waals surface area contributed by atoms with Crippen molar-refractivity contribution in [2.75, 3.05) is 25.6 Å². The van der Waals surface area contributed by atoms with Crippen molar-refractivity contribution < 1.29 is 13.9 Å². The predicted molar refractivity (Wildman–Crippen MR) is 86.6 cm³/mol. The van der Waals surface area contributed by atoms with Crippen molar-refractivity contribution in [3.8, 4) is 5.75 Å². The molecule has 0 aliphatic rings. The van der Waals surface area contributed by atoms with Gasteiger partial charge in [-0.1, -0.05) is 6.07 Å². The van der Waals surface area contributed by atoms with Crippen LogP contribution in [0.15, 0.2) is 48.8 Å². The fraction of sp³-hybridized carbons (Fsp3) is 0.176. The standard InChI is InChI=1S/C17H16FN3O2/c1-22-9-10-23-13-7-5-12(6-8-13)21-17-14-3-2-4-15(18)16(14)19-11-20-17/h2-8,11H,9-10H2,1H3,(H,19,20,21). The van der Waals surface area contributed by atoms with E-state index in [1.54, 1.807) is 19.2 Å². The molecule has 0 saturated heterocycles. The van der Waals surface area contributed by atoms with E-state index in [0.29, 0.717) is 29.9 Å². The molecule has 0 bridgehead atoms. The lowest BCUT2D eigenvalue weighted by atomic mass is 10.2. The van der Waals surface area contributed by atoms with Crippen molar-refractivity contribution in [1.82, 2.24) is 9.97 Å². The van der Waals surface area contributed by atoms with Gasteiger partial charge in [0.05, 0.1) is 6.61 Å². The van der Waals surface area contributed by atoms with E-state index in [9.17, 15) is 4.39 Å². The quantitative estimate of drug-likeness (QED) is 0.705. The summed E-state index contributed by atoms with van der Waals surface area (Å²) in [6, 6.07) is 12.2. The number of nitrogens with zero attached hydrogens (tertiary/aromatic N) is 2. The molecule has 1 N–H and O–H groups in total. The smallest absolute Gasteiger partial charge is 0.149 e. The van der Waals surface area contributed by atoms with Crippen molar-refractivity contribution in [2.45, 2.75) is 0 Å². The molecule has 0 saturated carbocycles. The summed E-state index contributed by atoms with van der Waals surface area (Å²) in [5.74, 6) is 0.948. The van der Waals surface area contributed by atoms with Crippen LogP contribution in [0.3, 0.4) is 0 Å². The lowest BCUT2D eigenvalue weighted by molar-refractivity contribution is 0.146. The molecule has 0 radical (unpaired) electrons. The van der Waals surface area contributed by atoms with Crippen LogP contribution in [0.5, 0.6) is 5.75 Å². The second kappa shape index (κ2) is 7.02. The van der Waals surface area contributed by atoms with E-state index in [2.05, 4.69) is 15.3 Å². The van der Waals surface area contributed by atoms with Gasteiger partial charge in [-0.2, -0.15) is 0 Å². The lowest BCUT2D eigenvalue weighted by Gasteiger charge is -2.10. The van der Waals surface area contributed by atoms with Gasteiger partial charge in [0.15, 0.2) is 0 Å². The van der Waals surface area contributed by atoms with E-state index in [1.165, 1.54) is 12.4 Å². The van der Waals surface area contributed by atoms with Gasteiger partial charge in [0.25, 0.3) is 0 Å². The number of rotatable bonds is 6. The fourth-order valence-corrected chi connectivity index (χ4v) is 2.17. The molecular weight excluding hydrogens is 297 g/mol. The Labute approximate surface area is 133 Å². The van der Waals surface area contributed by atoms with Crippen LogP contribution in [0, 0.1) is 5.82 Å². The highest BCUT2D eigenvalue weighted by Gasteiger charge is 2.07. The highest BCUT2D eigenvalue weighted by atomic mass is 19.1. The number of aromatic nitrogens is 2. The number of anilines is 2. The number of hydrogen-bond donors (Lipinski definition) is 1. The van der Waals surface area contributed by atoms with Crippen LogP contribution in [0.1, 0.15) is 0 Å². The summed E-state index contributed by atoms with van der Waals surface area (Å²) in [6.45, 7) is 1.04. The largest absolute Gasteiger partial charge is 0.491 e. The maximum absolute atomic E-state index is 13.8. The average molecular weight is 313 g/mol. The van der Waals surface area contributed by atoms with E-state index < -0.39 is 0 Å². The van der Waals surface area contributed by atoms with E-state index >= 15 is 0 Å². The van der Waals surface area contributed by atoms with Gasteiger partial charge in [0.2, 0.25) is 0 Å². The van der Waals surface area contributed by atoms with Crippen LogP contribution >= 0.6 is 0 Å². The number of para-hydroxylation sites is 1. The Morgan fingerprint density at radius 1 is 1.04 bits per heavy atom. The maximum Gasteiger partial charge on any atom is 0.149 e. The second-order valence-corrected chi connectivity index (χ2v) is 4.85. The summed E-state index contributed by atoms with van der Waals surface area (Å²) < 4.78 is 24.2. The number of benzene rings is 2. The van der Waals surface area contributed by atoms with Crippen LogP contribution in [0.2, 0.25) is 0 Å². The summed E-state index contributed by atoms with van der Waals surface area (Å²) in [7, 11) is 1.63. The number of hydrogen-bond acceptors (Lipinski definition) is 5. The van der Waals surface area contributed by atoms with E-state index in [1.807, 2.05) is 24.3 Å². The van der Waals surface area contributed by atoms with Gasteiger partial charge in [0, 0.05) is 18.2 Å². The Morgan fingerprint density at radius 3 is 2.65 bits per heavy atom. The Hall–Kier alpha value is -2.73. The molecule has 23 heavy (non-hydrogen) atoms. The first kappa shape index (κ1) is 15.2. The molecule has 0 amide bonds. The molecule has 0 unspecified atom stereocenters. The normalized spacial score (nSPS) is 10.7. The van der Waals surface area contributed by atoms with E-state index in [4.69, 9.17) is 9.47 Å². The van der Waals surface area contributed by atoms with Crippen molar-refractivity contribution in [2.24, 2.45) is 0 Å². The van der Waals surface area contributed by atoms with Gasteiger partial charge in [-0.15, -0.1) is 0 Å². The molecular formula is C17H16FN3O2. The van der Waals surface area contributed by atoms with E-state index in [-0.39, 0.29) is 5.82 Å². The monoisotopic (exact) mass is 313 g/mol. The highest BCUT2D eigenvalue weighted by molar-refractivity contribution is 5.90. The molecule has 6 heteroatoms. The molecule has 3 aromatic rings. The topological polar surface area (TPSA) is 56.3 Å². The molecule has 0 aliphatic carbocycles. The Balaban J connectivity index is 1.78. The number of nitrogens with one attached hydrogen (secondary N) is 1. The maximum atomic E-state index is 13.8. The van der Waals surface area contributed by atoms with E-state index in [0.717, 1.165) is 11.4 Å². The summed E-state index contributed by atoms with van der Waals surface area (Å²) in [5.41, 5.74) is 1.12. The van der Waals surface area contributed by atoms with Gasteiger partial charge in [-0.05, 0) is 36.4 Å². The first-order valence-corrected chi connectivity index (χ1v) is 7.16. The predicted octanol–water partition coefficient (Wildman–Crippen LogP) is 3.54. The van der Waals surface area contributed by atoms with Crippen molar-refractivity contribution >= 4 is 22.4 Å². The second-order valence-electron chi connectivity index (χ2n) is 4.85. The van der Waals surface area contributed by atoms with Crippen molar-refractivity contribution in [1.29, 1.82) is 0 Å². The van der Waals surface area contributed by atoms with Crippen LogP contribution < -0.4 is 10.1 Å². The SMILES string of the molecule is COCCOc1ccc(Nc2ncnc3c(F)cccc23)cc1. The summed E-state index contributed by atoms with van der Waals surface area (Å²) in [6.07, 6.45) is 1.34. The molecule has 0 aliphatic heterocycles. The summed E-state index contributed by atoms with van der Waals surface area (Å²) >= 11 is 0. The number of fused-ring (bicyclic) bond motifs is 1. The van der Waals surface area contributed by atoms with Gasteiger partial charge >= 0.3 is 0 Å². The molecule has 3 rings (SSSR count). The molecule has 2 aromatic carbocycles. The molecule has 0 fully saturated rings. The van der Waals surface area contributed by atoms with Gasteiger partial charge in [-0.25, -0.2) is 14.4 Å². The number of methoxy groups -OCH3 is 1. The first-order valence-electron chi connectivity index (χ1n) is 7.16. The Bertz CT molecular complexity index is 793. The van der Waals surface area contributed by atoms with Gasteiger partial charge in [0.1, 0.15) is 35.8 Å². The third-order valence-electron chi connectivity index (χ3n) is 3.29. The zero-order valence-corrected chi connectivity index (χ0v) is 12.6. The Kier molecular flexibility index (Phi) is 4.63. The van der Waals surface area contributed by atoms with Crippen LogP contribution in [-0.2, 0) is 4.74 Å². The van der Waals surface area contributed by atoms with Crippen LogP contribution in [0.4, 0.5) is 15.9 Å². The summed E-state index contributed by atoms with van der Waals surface area (Å²) in [5, 5.41) is 3.80. The number of ether oxygens (including phenoxy) is 2. The number of halogens is 1. The average Bonchev–Trinajstić information content (AvgIpc) is 2.58.